The van der Waals surface area contributed by atoms with Crippen molar-refractivity contribution in [1.29, 1.82) is 0 Å². The maximum atomic E-state index is 5.33. The fraction of sp³-hybridized carbons (Fsp3) is 0.294. The van der Waals surface area contributed by atoms with E-state index in [1.807, 2.05) is 0 Å². The van der Waals surface area contributed by atoms with Crippen LogP contribution in [-0.4, -0.2) is 26.2 Å². The van der Waals surface area contributed by atoms with Crippen molar-refractivity contribution in [1.82, 2.24) is 19.7 Å². The zero-order valence-corrected chi connectivity index (χ0v) is 12.6. The van der Waals surface area contributed by atoms with E-state index in [0.717, 1.165) is 31.9 Å². The van der Waals surface area contributed by atoms with Gasteiger partial charge in [-0.3, -0.25) is 9.58 Å². The third-order valence-electron chi connectivity index (χ3n) is 4.06. The predicted molar refractivity (Wildman–Crippen MR) is 83.0 cm³/mol. The molecule has 0 N–H and O–H groups in total. The minimum atomic E-state index is 0.590. The molecule has 5 nitrogen and oxygen atoms in total. The van der Waals surface area contributed by atoms with E-state index in [1.54, 1.807) is 12.5 Å². The van der Waals surface area contributed by atoms with E-state index >= 15 is 0 Å². The molecule has 1 aromatic carbocycles. The first-order valence-corrected chi connectivity index (χ1v) is 7.52. The number of nitrogens with zero attached hydrogens (tertiary/aromatic N) is 4. The third kappa shape index (κ3) is 2.55. The van der Waals surface area contributed by atoms with Crippen molar-refractivity contribution in [2.45, 2.75) is 26.6 Å². The van der Waals surface area contributed by atoms with Gasteiger partial charge in [-0.2, -0.15) is 5.10 Å². The van der Waals surface area contributed by atoms with Gasteiger partial charge >= 0.3 is 0 Å². The first kappa shape index (κ1) is 13.3. The summed E-state index contributed by atoms with van der Waals surface area (Å²) in [6.45, 7) is 5.91. The van der Waals surface area contributed by atoms with Crippen molar-refractivity contribution >= 4 is 0 Å². The van der Waals surface area contributed by atoms with E-state index in [-0.39, 0.29) is 0 Å². The lowest BCUT2D eigenvalue weighted by Crippen LogP contribution is -2.33. The molecule has 0 unspecified atom stereocenters. The number of fused-ring (bicyclic) bond motifs is 1. The molecule has 0 aliphatic carbocycles. The van der Waals surface area contributed by atoms with Crippen LogP contribution in [0.2, 0.25) is 0 Å². The largest absolute Gasteiger partial charge is 0.443 e. The van der Waals surface area contributed by atoms with E-state index in [4.69, 9.17) is 4.42 Å². The second-order valence-electron chi connectivity index (χ2n) is 5.78. The summed E-state index contributed by atoms with van der Waals surface area (Å²) in [5.41, 5.74) is 4.69. The highest BCUT2D eigenvalue weighted by atomic mass is 16.3. The van der Waals surface area contributed by atoms with Gasteiger partial charge in [0.2, 0.25) is 5.89 Å². The lowest BCUT2D eigenvalue weighted by atomic mass is 10.1. The summed E-state index contributed by atoms with van der Waals surface area (Å²) in [6, 6.07) is 10.8. The molecule has 0 atom stereocenters. The smallest absolute Gasteiger partial charge is 0.246 e. The van der Waals surface area contributed by atoms with Crippen LogP contribution in [0.3, 0.4) is 0 Å². The molecule has 22 heavy (non-hydrogen) atoms. The Hall–Kier alpha value is -2.40. The molecule has 0 spiro atoms. The van der Waals surface area contributed by atoms with Crippen LogP contribution in [0.15, 0.2) is 47.2 Å². The van der Waals surface area contributed by atoms with Gasteiger partial charge in [0.15, 0.2) is 0 Å². The van der Waals surface area contributed by atoms with Crippen LogP contribution in [0.1, 0.15) is 16.8 Å². The Morgan fingerprint density at radius 1 is 1.18 bits per heavy atom. The molecular formula is C17H18N4O. The molecule has 0 radical (unpaired) electrons. The summed E-state index contributed by atoms with van der Waals surface area (Å²) in [6.07, 6.45) is 3.23. The van der Waals surface area contributed by atoms with Gasteiger partial charge in [0.25, 0.3) is 0 Å². The summed E-state index contributed by atoms with van der Waals surface area (Å²) in [7, 11) is 0. The van der Waals surface area contributed by atoms with Gasteiger partial charge in [0.05, 0.1) is 18.4 Å². The normalized spacial score (nSPS) is 15.0. The van der Waals surface area contributed by atoms with Crippen molar-refractivity contribution in [2.24, 2.45) is 0 Å². The summed E-state index contributed by atoms with van der Waals surface area (Å²) in [4.78, 5) is 6.61. The van der Waals surface area contributed by atoms with Crippen molar-refractivity contribution in [3.8, 4) is 11.6 Å². The fourth-order valence-corrected chi connectivity index (χ4v) is 2.86. The highest BCUT2D eigenvalue weighted by molar-refractivity contribution is 5.47. The Morgan fingerprint density at radius 2 is 2.05 bits per heavy atom. The van der Waals surface area contributed by atoms with Gasteiger partial charge in [-0.05, 0) is 18.6 Å². The van der Waals surface area contributed by atoms with E-state index in [1.165, 1.54) is 16.8 Å². The Kier molecular flexibility index (Phi) is 3.27. The number of rotatable bonds is 3. The lowest BCUT2D eigenvalue weighted by Gasteiger charge is -2.27. The number of oxazole rings is 1. The summed E-state index contributed by atoms with van der Waals surface area (Å²) >= 11 is 0. The predicted octanol–water partition coefficient (Wildman–Crippen LogP) is 2.86. The Morgan fingerprint density at radius 3 is 2.82 bits per heavy atom. The van der Waals surface area contributed by atoms with Gasteiger partial charge in [-0.25, -0.2) is 4.98 Å². The van der Waals surface area contributed by atoms with Crippen molar-refractivity contribution < 1.29 is 4.42 Å². The summed E-state index contributed by atoms with van der Waals surface area (Å²) in [5, 5.41) is 4.58. The molecule has 1 aliphatic heterocycles. The number of aromatic nitrogens is 3. The van der Waals surface area contributed by atoms with Crippen LogP contribution in [0.4, 0.5) is 0 Å². The maximum Gasteiger partial charge on any atom is 0.246 e. The first-order valence-electron chi connectivity index (χ1n) is 7.52. The zero-order chi connectivity index (χ0) is 14.9. The van der Waals surface area contributed by atoms with Crippen LogP contribution < -0.4 is 0 Å². The minimum Gasteiger partial charge on any atom is -0.443 e. The second-order valence-corrected chi connectivity index (χ2v) is 5.78. The van der Waals surface area contributed by atoms with Crippen molar-refractivity contribution in [3.63, 3.8) is 0 Å². The quantitative estimate of drug-likeness (QED) is 0.745. The third-order valence-corrected chi connectivity index (χ3v) is 4.06. The molecular weight excluding hydrogens is 276 g/mol. The van der Waals surface area contributed by atoms with Crippen LogP contribution >= 0.6 is 0 Å². The van der Waals surface area contributed by atoms with Crippen molar-refractivity contribution in [3.05, 3.63) is 59.6 Å². The summed E-state index contributed by atoms with van der Waals surface area (Å²) in [5.74, 6) is 0.590. The van der Waals surface area contributed by atoms with Crippen LogP contribution in [0, 0.1) is 6.92 Å². The SMILES string of the molecule is Cc1ccc(CN2CCn3nc(-c4ncco4)cc3C2)cc1. The molecule has 0 fully saturated rings. The summed E-state index contributed by atoms with van der Waals surface area (Å²) < 4.78 is 7.39. The van der Waals surface area contributed by atoms with Gasteiger partial charge in [0.1, 0.15) is 12.0 Å². The van der Waals surface area contributed by atoms with E-state index in [0.29, 0.717) is 5.89 Å². The molecule has 4 rings (SSSR count). The average molecular weight is 294 g/mol. The van der Waals surface area contributed by atoms with E-state index < -0.39 is 0 Å². The molecule has 0 saturated heterocycles. The number of hydrogen-bond donors (Lipinski definition) is 0. The Bertz CT molecular complexity index is 759. The van der Waals surface area contributed by atoms with Gasteiger partial charge < -0.3 is 4.42 Å². The lowest BCUT2D eigenvalue weighted by molar-refractivity contribution is 0.205. The standard InChI is InChI=1S/C17H18N4O/c1-13-2-4-14(5-3-13)11-20-7-8-21-15(12-20)10-16(19-21)17-18-6-9-22-17/h2-6,9-10H,7-8,11-12H2,1H3. The molecule has 0 amide bonds. The number of benzene rings is 1. The van der Waals surface area contributed by atoms with Crippen LogP contribution in [-0.2, 0) is 19.6 Å². The molecule has 5 heteroatoms. The van der Waals surface area contributed by atoms with Crippen LogP contribution in [0.25, 0.3) is 11.6 Å². The van der Waals surface area contributed by atoms with Gasteiger partial charge in [-0.15, -0.1) is 0 Å². The monoisotopic (exact) mass is 294 g/mol. The second kappa shape index (κ2) is 5.42. The zero-order valence-electron chi connectivity index (χ0n) is 12.6. The maximum absolute atomic E-state index is 5.33. The highest BCUT2D eigenvalue weighted by Gasteiger charge is 2.20. The van der Waals surface area contributed by atoms with Crippen LogP contribution in [0.5, 0.6) is 0 Å². The van der Waals surface area contributed by atoms with E-state index in [2.05, 4.69) is 56.9 Å². The fourth-order valence-electron chi connectivity index (χ4n) is 2.86. The molecule has 112 valence electrons. The Labute approximate surface area is 129 Å². The van der Waals surface area contributed by atoms with Crippen molar-refractivity contribution in [2.75, 3.05) is 6.54 Å². The number of aryl methyl sites for hydroxylation is 1. The highest BCUT2D eigenvalue weighted by Crippen LogP contribution is 2.21. The molecule has 0 bridgehead atoms. The number of hydrogen-bond acceptors (Lipinski definition) is 4. The minimum absolute atomic E-state index is 0.590. The molecule has 1 aliphatic rings. The first-order chi connectivity index (χ1) is 10.8. The average Bonchev–Trinajstić information content (AvgIpc) is 3.17. The van der Waals surface area contributed by atoms with Gasteiger partial charge in [0, 0.05) is 19.6 Å². The van der Waals surface area contributed by atoms with Gasteiger partial charge in [-0.1, -0.05) is 29.8 Å². The topological polar surface area (TPSA) is 47.1 Å². The molecule has 3 aromatic rings. The molecule has 3 heterocycles. The van der Waals surface area contributed by atoms with E-state index in [9.17, 15) is 0 Å². The molecule has 0 saturated carbocycles. The Balaban J connectivity index is 1.50. The molecule has 2 aromatic heterocycles.